The number of hydrogen-bond donors (Lipinski definition) is 0. The summed E-state index contributed by atoms with van der Waals surface area (Å²) in [7, 11) is 1.72. The molecule has 1 aliphatic heterocycles. The fourth-order valence-corrected chi connectivity index (χ4v) is 6.78. The largest absolute Gasteiger partial charge is 0.496 e. The molecule has 1 aliphatic carbocycles. The van der Waals surface area contributed by atoms with Crippen LogP contribution in [0.15, 0.2) is 114 Å². The van der Waals surface area contributed by atoms with E-state index in [-0.39, 0.29) is 16.9 Å². The number of ether oxygens (including phenoxy) is 2. The molecule has 0 saturated heterocycles. The van der Waals surface area contributed by atoms with Gasteiger partial charge in [0.15, 0.2) is 16.9 Å². The van der Waals surface area contributed by atoms with Crippen LogP contribution in [0.3, 0.4) is 0 Å². The summed E-state index contributed by atoms with van der Waals surface area (Å²) < 4.78 is 12.1. The first kappa shape index (κ1) is 33.8. The first-order valence-electron chi connectivity index (χ1n) is 16.2. The number of nitriles is 3. The van der Waals surface area contributed by atoms with E-state index < -0.39 is 5.60 Å². The molecule has 2 aliphatic rings. The predicted octanol–water partition coefficient (Wildman–Crippen LogP) is 9.89. The Hall–Kier alpha value is -5.55. The second-order valence-electron chi connectivity index (χ2n) is 11.5. The van der Waals surface area contributed by atoms with E-state index in [1.165, 1.54) is 31.4 Å². The highest BCUT2D eigenvalue weighted by Crippen LogP contribution is 2.51. The Morgan fingerprint density at radius 1 is 0.938 bits per heavy atom. The molecule has 0 saturated carbocycles. The summed E-state index contributed by atoms with van der Waals surface area (Å²) in [5.74, 6) is 0.870. The van der Waals surface area contributed by atoms with Crippen molar-refractivity contribution < 1.29 is 9.47 Å². The van der Waals surface area contributed by atoms with Gasteiger partial charge in [-0.05, 0) is 60.9 Å². The number of unbranched alkanes of at least 4 members (excludes halogenated alkanes) is 2. The molecule has 0 amide bonds. The summed E-state index contributed by atoms with van der Waals surface area (Å²) in [6.07, 6.45) is 18.7. The zero-order chi connectivity index (χ0) is 33.9. The van der Waals surface area contributed by atoms with E-state index in [4.69, 9.17) is 9.47 Å². The molecule has 1 unspecified atom stereocenters. The van der Waals surface area contributed by atoms with Gasteiger partial charge in [-0.3, -0.25) is 0 Å². The second-order valence-corrected chi connectivity index (χ2v) is 12.6. The van der Waals surface area contributed by atoms with Gasteiger partial charge in [0.2, 0.25) is 0 Å². The van der Waals surface area contributed by atoms with Crippen molar-refractivity contribution >= 4 is 34.7 Å². The van der Waals surface area contributed by atoms with Gasteiger partial charge in [-0.15, -0.1) is 11.3 Å². The van der Waals surface area contributed by atoms with E-state index in [1.54, 1.807) is 18.4 Å². The van der Waals surface area contributed by atoms with Crippen LogP contribution in [0.25, 0.3) is 17.7 Å². The molecular weight excluding hydrogens is 613 g/mol. The number of benzene rings is 2. The molecule has 3 aromatic rings. The third-order valence-electron chi connectivity index (χ3n) is 8.43. The average molecular weight is 651 g/mol. The fraction of sp³-hybridized carbons (Fsp3) is 0.244. The van der Waals surface area contributed by atoms with E-state index in [0.717, 1.165) is 45.3 Å². The third kappa shape index (κ3) is 7.06. The maximum Gasteiger partial charge on any atom is 0.179 e. The third-order valence-corrected chi connectivity index (χ3v) is 9.53. The van der Waals surface area contributed by atoms with Gasteiger partial charge in [-0.25, -0.2) is 0 Å². The van der Waals surface area contributed by atoms with Gasteiger partial charge in [0.05, 0.1) is 7.11 Å². The zero-order valence-corrected chi connectivity index (χ0v) is 28.4. The van der Waals surface area contributed by atoms with Crippen molar-refractivity contribution in [2.45, 2.75) is 45.1 Å². The minimum absolute atomic E-state index is 0.0154. The van der Waals surface area contributed by atoms with Crippen LogP contribution in [-0.2, 0) is 10.3 Å². The van der Waals surface area contributed by atoms with E-state index in [2.05, 4.69) is 67.3 Å². The molecule has 1 aromatic heterocycles. The molecule has 2 heterocycles. The van der Waals surface area contributed by atoms with Gasteiger partial charge in [0.25, 0.3) is 0 Å². The molecule has 0 N–H and O–H groups in total. The molecule has 2 aromatic carbocycles. The summed E-state index contributed by atoms with van der Waals surface area (Å²) in [5.41, 5.74) is 3.43. The van der Waals surface area contributed by atoms with Crippen LogP contribution in [0.5, 0.6) is 5.75 Å². The van der Waals surface area contributed by atoms with Crippen molar-refractivity contribution in [3.05, 3.63) is 134 Å². The van der Waals surface area contributed by atoms with Crippen molar-refractivity contribution in [3.8, 4) is 24.0 Å². The summed E-state index contributed by atoms with van der Waals surface area (Å²) in [5, 5.41) is 29.3. The number of allylic oxidation sites excluding steroid dienone is 6. The van der Waals surface area contributed by atoms with Gasteiger partial charge in [0, 0.05) is 51.3 Å². The first-order valence-corrected chi connectivity index (χ1v) is 17.1. The second kappa shape index (κ2) is 15.8. The van der Waals surface area contributed by atoms with Crippen LogP contribution in [-0.4, -0.2) is 20.2 Å². The molecule has 48 heavy (non-hydrogen) atoms. The van der Waals surface area contributed by atoms with Gasteiger partial charge >= 0.3 is 0 Å². The topological polar surface area (TPSA) is 93.1 Å². The molecule has 5 rings (SSSR count). The summed E-state index contributed by atoms with van der Waals surface area (Å²) in [6.45, 7) is 6.55. The fourth-order valence-electron chi connectivity index (χ4n) is 5.86. The van der Waals surface area contributed by atoms with Crippen LogP contribution in [0.4, 0.5) is 5.69 Å². The van der Waals surface area contributed by atoms with E-state index in [9.17, 15) is 15.8 Å². The molecule has 6 nitrogen and oxygen atoms in total. The lowest BCUT2D eigenvalue weighted by atomic mass is 9.80. The normalized spacial score (nSPS) is 16.7. The Morgan fingerprint density at radius 3 is 2.33 bits per heavy atom. The summed E-state index contributed by atoms with van der Waals surface area (Å²) >= 11 is 1.63. The highest BCUT2D eigenvalue weighted by molar-refractivity contribution is 7.14. The number of rotatable bonds is 13. The Morgan fingerprint density at radius 2 is 1.67 bits per heavy atom. The number of hydrogen-bond acceptors (Lipinski definition) is 7. The van der Waals surface area contributed by atoms with Gasteiger partial charge < -0.3 is 14.4 Å². The van der Waals surface area contributed by atoms with Gasteiger partial charge in [-0.1, -0.05) is 81.3 Å². The lowest BCUT2D eigenvalue weighted by Crippen LogP contribution is -2.26. The molecule has 1 atom stereocenters. The summed E-state index contributed by atoms with van der Waals surface area (Å²) in [6, 6.07) is 26.1. The van der Waals surface area contributed by atoms with Crippen LogP contribution >= 0.6 is 11.3 Å². The Kier molecular flexibility index (Phi) is 11.1. The number of nitrogens with zero attached hydrogens (tertiary/aromatic N) is 4. The van der Waals surface area contributed by atoms with E-state index >= 15 is 0 Å². The molecule has 0 radical (unpaired) electrons. The maximum atomic E-state index is 10.2. The minimum atomic E-state index is -1.10. The molecule has 7 heteroatoms. The van der Waals surface area contributed by atoms with Crippen LogP contribution < -0.4 is 9.64 Å². The Bertz CT molecular complexity index is 1930. The van der Waals surface area contributed by atoms with Crippen molar-refractivity contribution in [1.29, 1.82) is 15.8 Å². The summed E-state index contributed by atoms with van der Waals surface area (Å²) in [4.78, 5) is 4.55. The van der Waals surface area contributed by atoms with E-state index in [1.807, 2.05) is 72.9 Å². The lowest BCUT2D eigenvalue weighted by Gasteiger charge is -2.31. The Balaban J connectivity index is 1.37. The van der Waals surface area contributed by atoms with Gasteiger partial charge in [-0.2, -0.15) is 15.8 Å². The van der Waals surface area contributed by atoms with Crippen molar-refractivity contribution in [2.75, 3.05) is 25.1 Å². The van der Waals surface area contributed by atoms with Crippen molar-refractivity contribution in [2.24, 2.45) is 0 Å². The molecule has 240 valence electrons. The van der Waals surface area contributed by atoms with Crippen molar-refractivity contribution in [3.63, 3.8) is 0 Å². The predicted molar refractivity (Wildman–Crippen MR) is 195 cm³/mol. The monoisotopic (exact) mass is 650 g/mol. The van der Waals surface area contributed by atoms with E-state index in [0.29, 0.717) is 5.57 Å². The molecule has 0 bridgehead atoms. The first-order chi connectivity index (χ1) is 23.5. The van der Waals surface area contributed by atoms with Gasteiger partial charge in [0.1, 0.15) is 29.5 Å². The average Bonchev–Trinajstić information content (AvgIpc) is 3.74. The highest BCUT2D eigenvalue weighted by Gasteiger charge is 2.47. The molecule has 0 spiro atoms. The smallest absolute Gasteiger partial charge is 0.179 e. The number of anilines is 1. The van der Waals surface area contributed by atoms with Crippen molar-refractivity contribution in [1.82, 2.24) is 0 Å². The molecule has 0 fully saturated rings. The van der Waals surface area contributed by atoms with Crippen LogP contribution in [0, 0.1) is 34.0 Å². The SMILES string of the molecule is CCCCN(CCCC)c1ccc(/C=C/C=C/c2ccc(C3=CC4=C(C#N)C(=C(C#N)C#N)OC4(c4ccccc4)C=C3)s2)c(OC)c1. The Labute approximate surface area is 287 Å². The minimum Gasteiger partial charge on any atom is -0.496 e. The number of thiophene rings is 1. The quantitative estimate of drug-likeness (QED) is 0.135. The number of fused-ring (bicyclic) bond motifs is 1. The number of methoxy groups -OCH3 is 1. The molecular formula is C41H38N4O2S. The van der Waals surface area contributed by atoms with Crippen LogP contribution in [0.2, 0.25) is 0 Å². The zero-order valence-electron chi connectivity index (χ0n) is 27.6. The maximum absolute atomic E-state index is 10.2. The standard InChI is InChI=1S/C41H38N4O2S/c1-4-6-23-45(24-7-5-2)34-18-17-30(38(26-34)46-3)13-11-12-16-35-19-20-39(48-35)31-21-22-41(33-14-9-8-10-15-33)37(25-31)36(29-44)40(47-41)32(27-42)28-43/h8-22,25-26H,4-7,23-24H2,1-3H3/b13-11+,16-12+. The van der Waals surface area contributed by atoms with Crippen LogP contribution in [0.1, 0.15) is 60.4 Å². The lowest BCUT2D eigenvalue weighted by molar-refractivity contribution is 0.103. The highest BCUT2D eigenvalue weighted by atomic mass is 32.1.